The summed E-state index contributed by atoms with van der Waals surface area (Å²) >= 11 is 0. The molecule has 2 rings (SSSR count). The van der Waals surface area contributed by atoms with E-state index in [0.717, 1.165) is 5.69 Å². The molecule has 1 aromatic heterocycles. The first-order chi connectivity index (χ1) is 9.65. The molecule has 0 saturated carbocycles. The monoisotopic (exact) mass is 269 g/mol. The van der Waals surface area contributed by atoms with E-state index in [1.807, 2.05) is 18.2 Å². The Balaban J connectivity index is 1.94. The van der Waals surface area contributed by atoms with Crippen LogP contribution in [0.3, 0.4) is 0 Å². The largest absolute Gasteiger partial charge is 0.427 e. The second-order valence-corrected chi connectivity index (χ2v) is 4.36. The zero-order chi connectivity index (χ0) is 14.4. The lowest BCUT2D eigenvalue weighted by atomic mass is 10.1. The minimum Gasteiger partial charge on any atom is -0.427 e. The summed E-state index contributed by atoms with van der Waals surface area (Å²) in [7, 11) is 0. The maximum atomic E-state index is 12.0. The zero-order valence-corrected chi connectivity index (χ0v) is 11.2. The smallest absolute Gasteiger partial charge is 0.308 e. The summed E-state index contributed by atoms with van der Waals surface area (Å²) in [4.78, 5) is 27.0. The fourth-order valence-electron chi connectivity index (χ4n) is 1.81. The fraction of sp³-hybridized carbons (Fsp3) is 0.188. The second kappa shape index (κ2) is 6.61. The molecule has 0 saturated heterocycles. The topological polar surface area (TPSA) is 56.3 Å². The zero-order valence-electron chi connectivity index (χ0n) is 11.2. The first-order valence-electron chi connectivity index (χ1n) is 6.37. The summed E-state index contributed by atoms with van der Waals surface area (Å²) in [5.74, 6) is 0.114. The maximum Gasteiger partial charge on any atom is 0.308 e. The van der Waals surface area contributed by atoms with Gasteiger partial charge in [-0.05, 0) is 42.8 Å². The van der Waals surface area contributed by atoms with Crippen LogP contribution in [0.25, 0.3) is 0 Å². The Kier molecular flexibility index (Phi) is 4.60. The predicted molar refractivity (Wildman–Crippen MR) is 74.6 cm³/mol. The molecule has 20 heavy (non-hydrogen) atoms. The first kappa shape index (κ1) is 13.9. The van der Waals surface area contributed by atoms with E-state index in [2.05, 4.69) is 4.98 Å². The van der Waals surface area contributed by atoms with Crippen LogP contribution >= 0.6 is 0 Å². The molecule has 4 nitrogen and oxygen atoms in total. The molecule has 0 aliphatic carbocycles. The van der Waals surface area contributed by atoms with E-state index in [0.29, 0.717) is 24.2 Å². The number of carbonyl (C=O) groups excluding carboxylic acids is 2. The lowest BCUT2D eigenvalue weighted by Crippen LogP contribution is -2.04. The number of pyridine rings is 1. The van der Waals surface area contributed by atoms with Gasteiger partial charge in [-0.1, -0.05) is 6.07 Å². The second-order valence-electron chi connectivity index (χ2n) is 4.36. The molecule has 0 spiro atoms. The molecule has 0 aliphatic heterocycles. The number of benzene rings is 1. The van der Waals surface area contributed by atoms with Gasteiger partial charge < -0.3 is 4.74 Å². The Hall–Kier alpha value is -2.49. The van der Waals surface area contributed by atoms with Gasteiger partial charge in [-0.2, -0.15) is 0 Å². The summed E-state index contributed by atoms with van der Waals surface area (Å²) in [5.41, 5.74) is 1.51. The number of Topliss-reactive ketones (excluding diaryl/α,β-unsaturated/α-hetero) is 1. The number of aryl methyl sites for hydroxylation is 1. The van der Waals surface area contributed by atoms with Gasteiger partial charge >= 0.3 is 5.97 Å². The Morgan fingerprint density at radius 1 is 1.10 bits per heavy atom. The summed E-state index contributed by atoms with van der Waals surface area (Å²) in [6, 6.07) is 12.2. The molecule has 4 heteroatoms. The van der Waals surface area contributed by atoms with Crippen LogP contribution in [0.15, 0.2) is 48.7 Å². The van der Waals surface area contributed by atoms with Crippen molar-refractivity contribution in [2.24, 2.45) is 0 Å². The Morgan fingerprint density at radius 2 is 1.85 bits per heavy atom. The number of hydrogen-bond donors (Lipinski definition) is 0. The van der Waals surface area contributed by atoms with Crippen molar-refractivity contribution in [3.05, 3.63) is 59.9 Å². The van der Waals surface area contributed by atoms with Crippen LogP contribution in [0.1, 0.15) is 29.4 Å². The van der Waals surface area contributed by atoms with Crippen LogP contribution in [-0.2, 0) is 11.2 Å². The van der Waals surface area contributed by atoms with Gasteiger partial charge in [0.15, 0.2) is 5.78 Å². The average Bonchev–Trinajstić information content (AvgIpc) is 2.46. The van der Waals surface area contributed by atoms with Gasteiger partial charge in [0.1, 0.15) is 5.75 Å². The molecule has 0 amide bonds. The van der Waals surface area contributed by atoms with Crippen molar-refractivity contribution in [1.29, 1.82) is 0 Å². The highest BCUT2D eigenvalue weighted by atomic mass is 16.5. The van der Waals surface area contributed by atoms with Gasteiger partial charge in [0.05, 0.1) is 0 Å². The number of hydrogen-bond acceptors (Lipinski definition) is 4. The van der Waals surface area contributed by atoms with Crippen molar-refractivity contribution in [2.45, 2.75) is 19.8 Å². The third-order valence-electron chi connectivity index (χ3n) is 2.77. The molecule has 2 aromatic rings. The van der Waals surface area contributed by atoms with Crippen LogP contribution in [0.2, 0.25) is 0 Å². The van der Waals surface area contributed by atoms with Gasteiger partial charge in [-0.15, -0.1) is 0 Å². The van der Waals surface area contributed by atoms with Crippen LogP contribution in [0.4, 0.5) is 0 Å². The molecule has 102 valence electrons. The summed E-state index contributed by atoms with van der Waals surface area (Å²) < 4.78 is 4.92. The molecule has 0 unspecified atom stereocenters. The van der Waals surface area contributed by atoms with Crippen molar-refractivity contribution >= 4 is 11.8 Å². The Morgan fingerprint density at radius 3 is 2.45 bits per heavy atom. The normalized spacial score (nSPS) is 10.1. The van der Waals surface area contributed by atoms with Crippen molar-refractivity contribution in [1.82, 2.24) is 4.98 Å². The maximum absolute atomic E-state index is 12.0. The summed E-state index contributed by atoms with van der Waals surface area (Å²) in [6.07, 6.45) is 2.74. The van der Waals surface area contributed by atoms with Crippen LogP contribution < -0.4 is 4.74 Å². The molecule has 0 atom stereocenters. The van der Waals surface area contributed by atoms with Gasteiger partial charge in [-0.25, -0.2) is 0 Å². The number of rotatable bonds is 5. The summed E-state index contributed by atoms with van der Waals surface area (Å²) in [5, 5.41) is 0. The van der Waals surface area contributed by atoms with Crippen molar-refractivity contribution in [2.75, 3.05) is 0 Å². The van der Waals surface area contributed by atoms with E-state index >= 15 is 0 Å². The van der Waals surface area contributed by atoms with Crippen molar-refractivity contribution in [3.63, 3.8) is 0 Å². The van der Waals surface area contributed by atoms with Crippen molar-refractivity contribution < 1.29 is 14.3 Å². The molecule has 0 aliphatic rings. The minimum absolute atomic E-state index is 0.0463. The van der Waals surface area contributed by atoms with Gasteiger partial charge in [-0.3, -0.25) is 14.6 Å². The number of nitrogens with zero attached hydrogens (tertiary/aromatic N) is 1. The van der Waals surface area contributed by atoms with E-state index in [1.165, 1.54) is 6.92 Å². The predicted octanol–water partition coefficient (Wildman–Crippen LogP) is 2.82. The number of esters is 1. The third-order valence-corrected chi connectivity index (χ3v) is 2.77. The number of aromatic nitrogens is 1. The average molecular weight is 269 g/mol. The quantitative estimate of drug-likeness (QED) is 0.476. The van der Waals surface area contributed by atoms with Gasteiger partial charge in [0, 0.05) is 30.8 Å². The highest BCUT2D eigenvalue weighted by Crippen LogP contribution is 2.14. The third kappa shape index (κ3) is 4.02. The van der Waals surface area contributed by atoms with E-state index in [-0.39, 0.29) is 11.8 Å². The van der Waals surface area contributed by atoms with Gasteiger partial charge in [0.2, 0.25) is 0 Å². The van der Waals surface area contributed by atoms with Crippen LogP contribution in [0.5, 0.6) is 5.75 Å². The van der Waals surface area contributed by atoms with Crippen molar-refractivity contribution in [3.8, 4) is 5.75 Å². The van der Waals surface area contributed by atoms with E-state index in [9.17, 15) is 9.59 Å². The minimum atomic E-state index is -0.376. The molecule has 0 fully saturated rings. The highest BCUT2D eigenvalue weighted by molar-refractivity contribution is 5.96. The fourth-order valence-corrected chi connectivity index (χ4v) is 1.81. The molecule has 1 aromatic carbocycles. The molecular weight excluding hydrogens is 254 g/mol. The number of ether oxygens (including phenoxy) is 1. The van der Waals surface area contributed by atoms with Crippen LogP contribution in [0, 0.1) is 0 Å². The highest BCUT2D eigenvalue weighted by Gasteiger charge is 2.07. The first-order valence-corrected chi connectivity index (χ1v) is 6.37. The lowest BCUT2D eigenvalue weighted by Gasteiger charge is -2.03. The lowest BCUT2D eigenvalue weighted by molar-refractivity contribution is -0.131. The Labute approximate surface area is 117 Å². The van der Waals surface area contributed by atoms with E-state index < -0.39 is 0 Å². The SMILES string of the molecule is CC(=O)Oc1ccc(C(=O)CCc2ccccn2)cc1. The molecule has 0 radical (unpaired) electrons. The van der Waals surface area contributed by atoms with Crippen LogP contribution in [-0.4, -0.2) is 16.7 Å². The number of ketones is 1. The van der Waals surface area contributed by atoms with Gasteiger partial charge in [0.25, 0.3) is 0 Å². The molecule has 1 heterocycles. The summed E-state index contributed by atoms with van der Waals surface area (Å²) in [6.45, 7) is 1.34. The number of carbonyl (C=O) groups is 2. The molecule has 0 bridgehead atoms. The Bertz CT molecular complexity index is 591. The standard InChI is InChI=1S/C16H15NO3/c1-12(18)20-15-8-5-13(6-9-15)16(19)10-7-14-4-2-3-11-17-14/h2-6,8-9,11H,7,10H2,1H3. The molecular formula is C16H15NO3. The van der Waals surface area contributed by atoms with E-state index in [1.54, 1.807) is 30.5 Å². The molecule has 0 N–H and O–H groups in total. The van der Waals surface area contributed by atoms with E-state index in [4.69, 9.17) is 4.74 Å².